The number of nitrogens with one attached hydrogen (secondary N) is 1. The summed E-state index contributed by atoms with van der Waals surface area (Å²) < 4.78 is 5.47. The second-order valence-corrected chi connectivity index (χ2v) is 7.74. The number of piperazine rings is 1. The topological polar surface area (TPSA) is 71.4 Å². The average Bonchev–Trinajstić information content (AvgIpc) is 3.07. The van der Waals surface area contributed by atoms with Crippen LogP contribution in [0.5, 0.6) is 5.75 Å². The van der Waals surface area contributed by atoms with Crippen molar-refractivity contribution in [3.63, 3.8) is 0 Å². The Morgan fingerprint density at radius 3 is 2.33 bits per heavy atom. The second kappa shape index (κ2) is 8.28. The summed E-state index contributed by atoms with van der Waals surface area (Å²) in [7, 11) is 1.67. The molecule has 2 aromatic rings. The third-order valence-corrected chi connectivity index (χ3v) is 6.00. The molecule has 0 unspecified atom stereocenters. The lowest BCUT2D eigenvalue weighted by Gasteiger charge is -2.36. The Labute approximate surface area is 175 Å². The van der Waals surface area contributed by atoms with Gasteiger partial charge in [0.25, 0.3) is 5.91 Å². The number of ketones is 1. The molecule has 2 aromatic carbocycles. The molecular weight excluding hydrogens is 382 g/mol. The normalized spacial score (nSPS) is 20.0. The number of hydrogen-bond donors (Lipinski definition) is 1. The third kappa shape index (κ3) is 3.68. The fraction of sp³-hybridized carbons (Fsp3) is 0.348. The van der Waals surface area contributed by atoms with Crippen LogP contribution in [0.15, 0.2) is 48.5 Å². The molecule has 7 heteroatoms. The predicted molar refractivity (Wildman–Crippen MR) is 113 cm³/mol. The molecule has 0 aromatic heterocycles. The number of carbonyl (C=O) groups is 3. The highest BCUT2D eigenvalue weighted by molar-refractivity contribution is 6.22. The molecule has 7 nitrogen and oxygen atoms in total. The van der Waals surface area contributed by atoms with E-state index >= 15 is 0 Å². The first kappa shape index (κ1) is 20.1. The van der Waals surface area contributed by atoms with Gasteiger partial charge in [0, 0.05) is 5.56 Å². The molecule has 0 saturated carbocycles. The summed E-state index contributed by atoms with van der Waals surface area (Å²) >= 11 is 0. The Morgan fingerprint density at radius 2 is 1.70 bits per heavy atom. The first-order chi connectivity index (χ1) is 14.5. The van der Waals surface area contributed by atoms with Gasteiger partial charge in [0.15, 0.2) is 11.8 Å². The van der Waals surface area contributed by atoms with Crippen LogP contribution < -0.4 is 19.4 Å². The lowest BCUT2D eigenvalue weighted by Crippen LogP contribution is -3.19. The van der Waals surface area contributed by atoms with E-state index in [0.717, 1.165) is 42.5 Å². The molecule has 2 aliphatic rings. The van der Waals surface area contributed by atoms with E-state index in [4.69, 9.17) is 4.74 Å². The van der Waals surface area contributed by atoms with Crippen LogP contribution in [0.25, 0.3) is 0 Å². The lowest BCUT2D eigenvalue weighted by molar-refractivity contribution is -0.915. The number of Topliss-reactive ketones (excluding diaryl/α,β-unsaturated/α-hetero) is 1. The number of carbonyl (C=O) groups excluding carboxylic acids is 3. The molecule has 0 spiro atoms. The maximum atomic E-state index is 13.1. The number of quaternary nitrogens is 1. The van der Waals surface area contributed by atoms with E-state index in [1.165, 1.54) is 11.8 Å². The minimum absolute atomic E-state index is 0.0455. The number of benzene rings is 2. The molecule has 0 radical (unpaired) electrons. The van der Waals surface area contributed by atoms with Crippen molar-refractivity contribution >= 4 is 29.0 Å². The lowest BCUT2D eigenvalue weighted by atomic mass is 10.1. The average molecular weight is 408 g/mol. The number of amides is 2. The van der Waals surface area contributed by atoms with Crippen LogP contribution in [-0.4, -0.2) is 56.9 Å². The Bertz CT molecular complexity index is 965. The van der Waals surface area contributed by atoms with Crippen LogP contribution in [0.2, 0.25) is 0 Å². The quantitative estimate of drug-likeness (QED) is 0.589. The van der Waals surface area contributed by atoms with Crippen molar-refractivity contribution in [2.24, 2.45) is 0 Å². The third-order valence-electron chi connectivity index (χ3n) is 6.00. The number of anilines is 2. The molecule has 2 fully saturated rings. The fourth-order valence-corrected chi connectivity index (χ4v) is 4.34. The zero-order valence-electron chi connectivity index (χ0n) is 17.3. The summed E-state index contributed by atoms with van der Waals surface area (Å²) in [5, 5.41) is 0. The Morgan fingerprint density at radius 1 is 1.03 bits per heavy atom. The SMILES string of the molecule is COc1ccccc1N1CC[NH+]([C@@H]2CC(=O)N(c3ccc(C(C)=O)cc3)C2=O)CC1. The number of ether oxygens (including phenoxy) is 1. The van der Waals surface area contributed by atoms with Gasteiger partial charge in [0.05, 0.1) is 51.1 Å². The van der Waals surface area contributed by atoms with Gasteiger partial charge in [-0.2, -0.15) is 0 Å². The monoisotopic (exact) mass is 408 g/mol. The van der Waals surface area contributed by atoms with Crippen LogP contribution in [0.1, 0.15) is 23.7 Å². The van der Waals surface area contributed by atoms with E-state index in [1.807, 2.05) is 24.3 Å². The zero-order valence-corrected chi connectivity index (χ0v) is 17.3. The Balaban J connectivity index is 1.44. The van der Waals surface area contributed by atoms with Crippen molar-refractivity contribution < 1.29 is 24.0 Å². The molecule has 30 heavy (non-hydrogen) atoms. The van der Waals surface area contributed by atoms with Crippen molar-refractivity contribution in [3.05, 3.63) is 54.1 Å². The molecule has 4 rings (SSSR count). The Kier molecular flexibility index (Phi) is 5.55. The van der Waals surface area contributed by atoms with Gasteiger partial charge in [0.2, 0.25) is 5.91 Å². The van der Waals surface area contributed by atoms with Gasteiger partial charge in [-0.1, -0.05) is 12.1 Å². The smallest absolute Gasteiger partial charge is 0.292 e. The van der Waals surface area contributed by atoms with Crippen LogP contribution >= 0.6 is 0 Å². The number of hydrogen-bond acceptors (Lipinski definition) is 5. The first-order valence-electron chi connectivity index (χ1n) is 10.2. The number of methoxy groups -OCH3 is 1. The van der Waals surface area contributed by atoms with Gasteiger partial charge in [0.1, 0.15) is 5.75 Å². The van der Waals surface area contributed by atoms with E-state index in [1.54, 1.807) is 31.4 Å². The number of para-hydroxylation sites is 2. The molecule has 0 bridgehead atoms. The summed E-state index contributed by atoms with van der Waals surface area (Å²) in [5.74, 6) is 0.459. The highest BCUT2D eigenvalue weighted by atomic mass is 16.5. The van der Waals surface area contributed by atoms with Crippen LogP contribution in [0, 0.1) is 0 Å². The van der Waals surface area contributed by atoms with Crippen molar-refractivity contribution in [1.82, 2.24) is 0 Å². The maximum absolute atomic E-state index is 13.1. The van der Waals surface area contributed by atoms with E-state index in [0.29, 0.717) is 11.3 Å². The van der Waals surface area contributed by atoms with Crippen LogP contribution in [0.3, 0.4) is 0 Å². The molecule has 2 heterocycles. The highest BCUT2D eigenvalue weighted by Crippen LogP contribution is 2.28. The van der Waals surface area contributed by atoms with Gasteiger partial charge < -0.3 is 14.5 Å². The maximum Gasteiger partial charge on any atom is 0.292 e. The van der Waals surface area contributed by atoms with Crippen molar-refractivity contribution in [2.45, 2.75) is 19.4 Å². The van der Waals surface area contributed by atoms with Crippen molar-refractivity contribution in [3.8, 4) is 5.75 Å². The first-order valence-corrected chi connectivity index (χ1v) is 10.2. The molecule has 1 N–H and O–H groups in total. The van der Waals surface area contributed by atoms with Gasteiger partial charge in [-0.3, -0.25) is 14.4 Å². The summed E-state index contributed by atoms with van der Waals surface area (Å²) in [6.45, 7) is 4.63. The second-order valence-electron chi connectivity index (χ2n) is 7.74. The van der Waals surface area contributed by atoms with E-state index in [9.17, 15) is 14.4 Å². The standard InChI is InChI=1S/C23H25N3O4/c1-16(27)17-7-9-18(10-8-17)26-22(28)15-20(23(26)29)25-13-11-24(12-14-25)19-5-3-4-6-21(19)30-2/h3-10,20H,11-15H2,1-2H3/p+1/t20-/m1/s1. The van der Waals surface area contributed by atoms with Crippen LogP contribution in [0.4, 0.5) is 11.4 Å². The number of imide groups is 1. The molecule has 156 valence electrons. The fourth-order valence-electron chi connectivity index (χ4n) is 4.34. The highest BCUT2D eigenvalue weighted by Gasteiger charge is 2.46. The largest absolute Gasteiger partial charge is 0.495 e. The van der Waals surface area contributed by atoms with E-state index in [2.05, 4.69) is 4.90 Å². The molecule has 2 amide bonds. The summed E-state index contributed by atoms with van der Waals surface area (Å²) in [4.78, 5) is 41.8. The minimum Gasteiger partial charge on any atom is -0.495 e. The molecule has 2 aliphatic heterocycles. The van der Waals surface area contributed by atoms with Crippen molar-refractivity contribution in [1.29, 1.82) is 0 Å². The van der Waals surface area contributed by atoms with Gasteiger partial charge in [-0.15, -0.1) is 0 Å². The molecule has 0 aliphatic carbocycles. The van der Waals surface area contributed by atoms with E-state index < -0.39 is 0 Å². The molecular formula is C23H26N3O4+. The zero-order chi connectivity index (χ0) is 21.3. The van der Waals surface area contributed by atoms with Gasteiger partial charge >= 0.3 is 0 Å². The predicted octanol–water partition coefficient (Wildman–Crippen LogP) is 0.935. The number of rotatable bonds is 5. The van der Waals surface area contributed by atoms with E-state index in [-0.39, 0.29) is 30.1 Å². The molecule has 1 atom stereocenters. The minimum atomic E-state index is -0.357. The summed E-state index contributed by atoms with van der Waals surface area (Å²) in [6.07, 6.45) is 0.220. The summed E-state index contributed by atoms with van der Waals surface area (Å²) in [5.41, 5.74) is 2.15. The Hall–Kier alpha value is -3.19. The molecule has 2 saturated heterocycles. The van der Waals surface area contributed by atoms with Crippen LogP contribution in [-0.2, 0) is 9.59 Å². The van der Waals surface area contributed by atoms with Gasteiger partial charge in [-0.05, 0) is 43.3 Å². The van der Waals surface area contributed by atoms with Crippen molar-refractivity contribution in [2.75, 3.05) is 43.1 Å². The number of nitrogens with zero attached hydrogens (tertiary/aromatic N) is 2. The van der Waals surface area contributed by atoms with Gasteiger partial charge in [-0.25, -0.2) is 4.90 Å². The summed E-state index contributed by atoms with van der Waals surface area (Å²) in [6, 6.07) is 14.2.